The van der Waals surface area contributed by atoms with E-state index in [4.69, 9.17) is 0 Å². The number of hydrogen-bond donors (Lipinski definition) is 1. The largest absolute Gasteiger partial charge is 0.310 e. The molecule has 102 valence electrons. The van der Waals surface area contributed by atoms with Crippen molar-refractivity contribution < 1.29 is 13.2 Å². The molecule has 1 nitrogen and oxygen atoms in total. The van der Waals surface area contributed by atoms with Crippen LogP contribution >= 0.6 is 0 Å². The van der Waals surface area contributed by atoms with Crippen molar-refractivity contribution in [2.75, 3.05) is 6.54 Å². The molecule has 0 aliphatic carbocycles. The van der Waals surface area contributed by atoms with Gasteiger partial charge in [0.25, 0.3) is 0 Å². The molecule has 0 saturated carbocycles. The van der Waals surface area contributed by atoms with E-state index in [-0.39, 0.29) is 17.5 Å². The predicted molar refractivity (Wildman–Crippen MR) is 66.8 cm³/mol. The molecule has 2 atom stereocenters. The highest BCUT2D eigenvalue weighted by Gasteiger charge is 2.24. The molecule has 0 radical (unpaired) electrons. The maximum absolute atomic E-state index is 13.8. The van der Waals surface area contributed by atoms with Gasteiger partial charge in [0.1, 0.15) is 0 Å². The average Bonchev–Trinajstić information content (AvgIpc) is 2.34. The molecule has 1 rings (SSSR count). The molecule has 0 spiro atoms. The lowest BCUT2D eigenvalue weighted by Gasteiger charge is -2.25. The first-order chi connectivity index (χ1) is 8.52. The lowest BCUT2D eigenvalue weighted by Crippen LogP contribution is -2.28. The smallest absolute Gasteiger partial charge is 0.194 e. The molecule has 18 heavy (non-hydrogen) atoms. The van der Waals surface area contributed by atoms with Crippen molar-refractivity contribution in [3.63, 3.8) is 0 Å². The van der Waals surface area contributed by atoms with Crippen LogP contribution in [0, 0.1) is 23.4 Å². The summed E-state index contributed by atoms with van der Waals surface area (Å²) in [6.45, 7) is 6.58. The van der Waals surface area contributed by atoms with Crippen molar-refractivity contribution in [3.8, 4) is 0 Å². The van der Waals surface area contributed by atoms with Gasteiger partial charge < -0.3 is 5.32 Å². The van der Waals surface area contributed by atoms with E-state index in [0.29, 0.717) is 6.54 Å². The molecule has 0 fully saturated rings. The maximum Gasteiger partial charge on any atom is 0.194 e. The SMILES string of the molecule is CCCC(C)C(NCC)c1ccc(F)c(F)c1F. The molecular formula is C14H20F3N. The van der Waals surface area contributed by atoms with E-state index in [1.54, 1.807) is 0 Å². The molecule has 0 aromatic heterocycles. The fourth-order valence-corrected chi connectivity index (χ4v) is 2.24. The summed E-state index contributed by atoms with van der Waals surface area (Å²) in [5.74, 6) is -3.45. The fourth-order valence-electron chi connectivity index (χ4n) is 2.24. The van der Waals surface area contributed by atoms with Crippen molar-refractivity contribution in [1.29, 1.82) is 0 Å². The Balaban J connectivity index is 3.09. The zero-order valence-corrected chi connectivity index (χ0v) is 11.1. The van der Waals surface area contributed by atoms with Crippen molar-refractivity contribution in [1.82, 2.24) is 5.32 Å². The normalized spacial score (nSPS) is 14.6. The number of benzene rings is 1. The number of rotatable bonds is 6. The van der Waals surface area contributed by atoms with Gasteiger partial charge in [0.15, 0.2) is 17.5 Å². The summed E-state index contributed by atoms with van der Waals surface area (Å²) in [5.41, 5.74) is 0.205. The zero-order valence-electron chi connectivity index (χ0n) is 11.1. The highest BCUT2D eigenvalue weighted by atomic mass is 19.2. The first kappa shape index (κ1) is 15.0. The second-order valence-corrected chi connectivity index (χ2v) is 4.57. The van der Waals surface area contributed by atoms with Gasteiger partial charge in [-0.1, -0.05) is 33.3 Å². The molecule has 0 aliphatic heterocycles. The van der Waals surface area contributed by atoms with Crippen LogP contribution in [0.25, 0.3) is 0 Å². The van der Waals surface area contributed by atoms with E-state index in [1.165, 1.54) is 6.07 Å². The Hall–Kier alpha value is -1.03. The van der Waals surface area contributed by atoms with Crippen LogP contribution in [0.1, 0.15) is 45.2 Å². The molecule has 1 aromatic rings. The summed E-state index contributed by atoms with van der Waals surface area (Å²) in [6.07, 6.45) is 1.87. The van der Waals surface area contributed by atoms with Crippen molar-refractivity contribution >= 4 is 0 Å². The van der Waals surface area contributed by atoms with Gasteiger partial charge in [-0.3, -0.25) is 0 Å². The third-order valence-electron chi connectivity index (χ3n) is 3.14. The highest BCUT2D eigenvalue weighted by molar-refractivity contribution is 5.24. The van der Waals surface area contributed by atoms with E-state index in [2.05, 4.69) is 5.32 Å². The van der Waals surface area contributed by atoms with Crippen molar-refractivity contribution in [3.05, 3.63) is 35.1 Å². The molecule has 0 aliphatic rings. The van der Waals surface area contributed by atoms with E-state index in [9.17, 15) is 13.2 Å². The highest BCUT2D eigenvalue weighted by Crippen LogP contribution is 2.29. The summed E-state index contributed by atoms with van der Waals surface area (Å²) in [5, 5.41) is 3.14. The second-order valence-electron chi connectivity index (χ2n) is 4.57. The van der Waals surface area contributed by atoms with Crippen molar-refractivity contribution in [2.24, 2.45) is 5.92 Å². The summed E-state index contributed by atoms with van der Waals surface area (Å²) in [7, 11) is 0. The van der Waals surface area contributed by atoms with Crippen LogP contribution in [-0.4, -0.2) is 6.54 Å². The van der Waals surface area contributed by atoms with Crippen LogP contribution in [0.3, 0.4) is 0 Å². The summed E-state index contributed by atoms with van der Waals surface area (Å²) < 4.78 is 40.0. The maximum atomic E-state index is 13.8. The van der Waals surface area contributed by atoms with Gasteiger partial charge in [-0.05, 0) is 24.9 Å². The van der Waals surface area contributed by atoms with Crippen molar-refractivity contribution in [2.45, 2.75) is 39.7 Å². The fraction of sp³-hybridized carbons (Fsp3) is 0.571. The van der Waals surface area contributed by atoms with E-state index < -0.39 is 17.5 Å². The molecule has 0 bridgehead atoms. The van der Waals surface area contributed by atoms with Crippen LogP contribution in [0.2, 0.25) is 0 Å². The van der Waals surface area contributed by atoms with Crippen LogP contribution in [0.4, 0.5) is 13.2 Å². The molecule has 2 unspecified atom stereocenters. The summed E-state index contributed by atoms with van der Waals surface area (Å²) in [4.78, 5) is 0. The molecule has 4 heteroatoms. The molecule has 1 N–H and O–H groups in total. The molecular weight excluding hydrogens is 239 g/mol. The van der Waals surface area contributed by atoms with Crippen LogP contribution in [0.5, 0.6) is 0 Å². The van der Waals surface area contributed by atoms with E-state index in [0.717, 1.165) is 18.9 Å². The second kappa shape index (κ2) is 6.78. The Morgan fingerprint density at radius 2 is 1.78 bits per heavy atom. The van der Waals surface area contributed by atoms with Gasteiger partial charge in [0.2, 0.25) is 0 Å². The third-order valence-corrected chi connectivity index (χ3v) is 3.14. The van der Waals surface area contributed by atoms with Gasteiger partial charge in [-0.15, -0.1) is 0 Å². The lowest BCUT2D eigenvalue weighted by molar-refractivity contribution is 0.348. The van der Waals surface area contributed by atoms with Gasteiger partial charge in [0, 0.05) is 11.6 Å². The summed E-state index contributed by atoms with van der Waals surface area (Å²) in [6, 6.07) is 2.02. The van der Waals surface area contributed by atoms with E-state index in [1.807, 2.05) is 20.8 Å². The van der Waals surface area contributed by atoms with E-state index >= 15 is 0 Å². The van der Waals surface area contributed by atoms with Gasteiger partial charge >= 0.3 is 0 Å². The first-order valence-electron chi connectivity index (χ1n) is 6.39. The minimum Gasteiger partial charge on any atom is -0.310 e. The Bertz CT molecular complexity index is 393. The quantitative estimate of drug-likeness (QED) is 0.755. The Morgan fingerprint density at radius 3 is 2.33 bits per heavy atom. The molecule has 0 saturated heterocycles. The number of halogens is 3. The summed E-state index contributed by atoms with van der Waals surface area (Å²) >= 11 is 0. The topological polar surface area (TPSA) is 12.0 Å². The number of nitrogens with one attached hydrogen (secondary N) is 1. The third kappa shape index (κ3) is 3.25. The van der Waals surface area contributed by atoms with Crippen LogP contribution in [-0.2, 0) is 0 Å². The lowest BCUT2D eigenvalue weighted by atomic mass is 9.90. The predicted octanol–water partition coefficient (Wildman–Crippen LogP) is 4.19. The van der Waals surface area contributed by atoms with Gasteiger partial charge in [-0.2, -0.15) is 0 Å². The monoisotopic (exact) mass is 259 g/mol. The standard InChI is InChI=1S/C14H20F3N/c1-4-6-9(3)14(18-5-2)10-7-8-11(15)13(17)12(10)16/h7-9,14,18H,4-6H2,1-3H3. The Kier molecular flexibility index (Phi) is 5.66. The zero-order chi connectivity index (χ0) is 13.7. The minimum absolute atomic E-state index is 0.161. The van der Waals surface area contributed by atoms with Gasteiger partial charge in [0.05, 0.1) is 0 Å². The van der Waals surface area contributed by atoms with Crippen LogP contribution < -0.4 is 5.32 Å². The average molecular weight is 259 g/mol. The first-order valence-corrected chi connectivity index (χ1v) is 6.39. The number of hydrogen-bond acceptors (Lipinski definition) is 1. The van der Waals surface area contributed by atoms with Crippen LogP contribution in [0.15, 0.2) is 12.1 Å². The Labute approximate surface area is 106 Å². The molecule has 1 aromatic carbocycles. The molecule has 0 amide bonds. The van der Waals surface area contributed by atoms with Gasteiger partial charge in [-0.25, -0.2) is 13.2 Å². The Morgan fingerprint density at radius 1 is 1.11 bits per heavy atom. The molecule has 0 heterocycles. The minimum atomic E-state index is -1.39.